The average Bonchev–Trinajstić information content (AvgIpc) is 2.37. The van der Waals surface area contributed by atoms with Crippen molar-refractivity contribution in [3.8, 4) is 5.75 Å². The second kappa shape index (κ2) is 7.31. The third-order valence-electron chi connectivity index (χ3n) is 3.41. The normalized spacial score (nSPS) is 11.6. The van der Waals surface area contributed by atoms with E-state index < -0.39 is 0 Å². The molecule has 0 aliphatic heterocycles. The molecular formula is C16H26N2O. The molecule has 0 bridgehead atoms. The molecule has 0 unspecified atom stereocenters. The van der Waals surface area contributed by atoms with Gasteiger partial charge in [0.05, 0.1) is 0 Å². The molecule has 0 aromatic heterocycles. The van der Waals surface area contributed by atoms with Crippen molar-refractivity contribution in [2.75, 3.05) is 27.2 Å². The van der Waals surface area contributed by atoms with Gasteiger partial charge in [0.1, 0.15) is 12.4 Å². The van der Waals surface area contributed by atoms with Gasteiger partial charge in [-0.25, -0.2) is 0 Å². The van der Waals surface area contributed by atoms with Gasteiger partial charge in [0.25, 0.3) is 0 Å². The van der Waals surface area contributed by atoms with Crippen LogP contribution in [0.1, 0.15) is 19.4 Å². The van der Waals surface area contributed by atoms with E-state index in [9.17, 15) is 0 Å². The number of hydrogen-bond acceptors (Lipinski definition) is 3. The summed E-state index contributed by atoms with van der Waals surface area (Å²) in [5.41, 5.74) is 1.32. The van der Waals surface area contributed by atoms with E-state index >= 15 is 0 Å². The molecule has 0 radical (unpaired) electrons. The zero-order valence-corrected chi connectivity index (χ0v) is 12.6. The van der Waals surface area contributed by atoms with Gasteiger partial charge in [0, 0.05) is 24.2 Å². The molecule has 0 atom stereocenters. The molecule has 0 aliphatic rings. The summed E-state index contributed by atoms with van der Waals surface area (Å²) in [6.45, 7) is 10.4. The fraction of sp³-hybridized carbons (Fsp3) is 0.500. The number of nitrogens with zero attached hydrogens (tertiary/aromatic N) is 1. The van der Waals surface area contributed by atoms with Crippen LogP contribution in [0, 0.1) is 0 Å². The van der Waals surface area contributed by atoms with Crippen LogP contribution in [-0.4, -0.2) is 37.7 Å². The Bertz CT molecular complexity index is 399. The molecule has 1 N–H and O–H groups in total. The van der Waals surface area contributed by atoms with Gasteiger partial charge in [0.15, 0.2) is 0 Å². The highest BCUT2D eigenvalue weighted by atomic mass is 16.5. The SMILES string of the molecule is C=CCOc1ccccc1CNCC(C)(C)N(C)C. The first-order valence-corrected chi connectivity index (χ1v) is 6.67. The average molecular weight is 262 g/mol. The Hall–Kier alpha value is -1.32. The molecule has 0 amide bonds. The first-order chi connectivity index (χ1) is 8.97. The van der Waals surface area contributed by atoms with Gasteiger partial charge >= 0.3 is 0 Å². The first kappa shape index (κ1) is 15.7. The zero-order chi connectivity index (χ0) is 14.3. The molecule has 19 heavy (non-hydrogen) atoms. The van der Waals surface area contributed by atoms with E-state index in [-0.39, 0.29) is 5.54 Å². The van der Waals surface area contributed by atoms with E-state index in [1.807, 2.05) is 18.2 Å². The van der Waals surface area contributed by atoms with Crippen LogP contribution < -0.4 is 10.1 Å². The molecule has 106 valence electrons. The third kappa shape index (κ3) is 5.05. The van der Waals surface area contributed by atoms with Gasteiger partial charge in [-0.15, -0.1) is 0 Å². The molecule has 1 rings (SSSR count). The van der Waals surface area contributed by atoms with Crippen LogP contribution in [0.3, 0.4) is 0 Å². The summed E-state index contributed by atoms with van der Waals surface area (Å²) in [4.78, 5) is 2.22. The van der Waals surface area contributed by atoms with Crippen LogP contribution in [-0.2, 0) is 6.54 Å². The highest BCUT2D eigenvalue weighted by molar-refractivity contribution is 5.33. The molecule has 0 saturated carbocycles. The van der Waals surface area contributed by atoms with Gasteiger partial charge in [-0.3, -0.25) is 0 Å². The van der Waals surface area contributed by atoms with Crippen LogP contribution in [0.15, 0.2) is 36.9 Å². The molecule has 1 aromatic carbocycles. The molecule has 0 fully saturated rings. The summed E-state index contributed by atoms with van der Waals surface area (Å²) >= 11 is 0. The minimum atomic E-state index is 0.136. The summed E-state index contributed by atoms with van der Waals surface area (Å²) in [6, 6.07) is 8.12. The summed E-state index contributed by atoms with van der Waals surface area (Å²) < 4.78 is 5.65. The maximum atomic E-state index is 5.65. The van der Waals surface area contributed by atoms with Crippen molar-refractivity contribution in [3.05, 3.63) is 42.5 Å². The molecule has 0 heterocycles. The Morgan fingerprint density at radius 1 is 1.32 bits per heavy atom. The second-order valence-electron chi connectivity index (χ2n) is 5.52. The third-order valence-corrected chi connectivity index (χ3v) is 3.41. The highest BCUT2D eigenvalue weighted by Gasteiger charge is 2.19. The molecule has 0 saturated heterocycles. The molecule has 0 aliphatic carbocycles. The smallest absolute Gasteiger partial charge is 0.124 e. The lowest BCUT2D eigenvalue weighted by molar-refractivity contribution is 0.189. The van der Waals surface area contributed by atoms with Crippen LogP contribution >= 0.6 is 0 Å². The predicted octanol–water partition coefficient (Wildman–Crippen LogP) is 2.68. The minimum absolute atomic E-state index is 0.136. The van der Waals surface area contributed by atoms with Crippen molar-refractivity contribution in [3.63, 3.8) is 0 Å². The number of rotatable bonds is 8. The van der Waals surface area contributed by atoms with E-state index in [0.29, 0.717) is 6.61 Å². The molecule has 3 nitrogen and oxygen atoms in total. The van der Waals surface area contributed by atoms with Crippen molar-refractivity contribution in [1.82, 2.24) is 10.2 Å². The van der Waals surface area contributed by atoms with Crippen LogP contribution in [0.25, 0.3) is 0 Å². The first-order valence-electron chi connectivity index (χ1n) is 6.67. The van der Waals surface area contributed by atoms with Crippen LogP contribution in [0.4, 0.5) is 0 Å². The maximum Gasteiger partial charge on any atom is 0.124 e. The molecule has 3 heteroatoms. The molecule has 1 aromatic rings. The van der Waals surface area contributed by atoms with Crippen molar-refractivity contribution in [1.29, 1.82) is 0 Å². The Morgan fingerprint density at radius 3 is 2.63 bits per heavy atom. The number of likely N-dealkylation sites (N-methyl/N-ethyl adjacent to an activating group) is 1. The summed E-state index contributed by atoms with van der Waals surface area (Å²) in [6.07, 6.45) is 1.76. The topological polar surface area (TPSA) is 24.5 Å². The minimum Gasteiger partial charge on any atom is -0.489 e. The largest absolute Gasteiger partial charge is 0.489 e. The molecule has 0 spiro atoms. The van der Waals surface area contributed by atoms with E-state index in [2.05, 4.69) is 50.8 Å². The van der Waals surface area contributed by atoms with Crippen molar-refractivity contribution in [2.24, 2.45) is 0 Å². The lowest BCUT2D eigenvalue weighted by Crippen LogP contribution is -2.46. The van der Waals surface area contributed by atoms with E-state index in [4.69, 9.17) is 4.74 Å². The van der Waals surface area contributed by atoms with Gasteiger partial charge in [-0.05, 0) is 34.0 Å². The van der Waals surface area contributed by atoms with Crippen LogP contribution in [0.5, 0.6) is 5.75 Å². The fourth-order valence-corrected chi connectivity index (χ4v) is 1.60. The summed E-state index contributed by atoms with van der Waals surface area (Å²) in [5.74, 6) is 0.928. The summed E-state index contributed by atoms with van der Waals surface area (Å²) in [5, 5.41) is 3.49. The van der Waals surface area contributed by atoms with Gasteiger partial charge in [0.2, 0.25) is 0 Å². The standard InChI is InChI=1S/C16H26N2O/c1-6-11-19-15-10-8-7-9-14(15)12-17-13-16(2,3)18(4)5/h6-10,17H,1,11-13H2,2-5H3. The van der Waals surface area contributed by atoms with Crippen molar-refractivity contribution >= 4 is 0 Å². The summed E-state index contributed by atoms with van der Waals surface area (Å²) in [7, 11) is 4.20. The Morgan fingerprint density at radius 2 is 2.00 bits per heavy atom. The quantitative estimate of drug-likeness (QED) is 0.729. The Labute approximate surface area is 117 Å². The number of hydrogen-bond donors (Lipinski definition) is 1. The number of nitrogens with one attached hydrogen (secondary N) is 1. The number of para-hydroxylation sites is 1. The van der Waals surface area contributed by atoms with E-state index in [1.165, 1.54) is 5.56 Å². The fourth-order valence-electron chi connectivity index (χ4n) is 1.60. The maximum absolute atomic E-state index is 5.65. The van der Waals surface area contributed by atoms with Gasteiger partial charge in [-0.2, -0.15) is 0 Å². The zero-order valence-electron chi connectivity index (χ0n) is 12.6. The second-order valence-corrected chi connectivity index (χ2v) is 5.52. The lowest BCUT2D eigenvalue weighted by atomic mass is 10.0. The Kier molecular flexibility index (Phi) is 6.06. The Balaban J connectivity index is 2.55. The highest BCUT2D eigenvalue weighted by Crippen LogP contribution is 2.18. The van der Waals surface area contributed by atoms with Crippen molar-refractivity contribution < 1.29 is 4.74 Å². The lowest BCUT2D eigenvalue weighted by Gasteiger charge is -2.32. The van der Waals surface area contributed by atoms with Crippen LogP contribution in [0.2, 0.25) is 0 Å². The van der Waals surface area contributed by atoms with Gasteiger partial charge in [-0.1, -0.05) is 30.9 Å². The van der Waals surface area contributed by atoms with E-state index in [0.717, 1.165) is 18.8 Å². The number of ether oxygens (including phenoxy) is 1. The monoisotopic (exact) mass is 262 g/mol. The van der Waals surface area contributed by atoms with E-state index in [1.54, 1.807) is 6.08 Å². The predicted molar refractivity (Wildman–Crippen MR) is 81.6 cm³/mol. The number of benzene rings is 1. The van der Waals surface area contributed by atoms with Crippen molar-refractivity contribution in [2.45, 2.75) is 25.9 Å². The van der Waals surface area contributed by atoms with Gasteiger partial charge < -0.3 is 15.0 Å². The molecular weight excluding hydrogens is 236 g/mol.